The van der Waals surface area contributed by atoms with Gasteiger partial charge in [0.05, 0.1) is 5.41 Å². The van der Waals surface area contributed by atoms with Crippen molar-refractivity contribution in [3.8, 4) is 0 Å². The van der Waals surface area contributed by atoms with Crippen LogP contribution in [0, 0.1) is 5.92 Å². The molecular weight excluding hydrogens is 450 g/mol. The van der Waals surface area contributed by atoms with Gasteiger partial charge in [-0.25, -0.2) is 4.79 Å². The number of piperidine rings is 1. The second-order valence-corrected chi connectivity index (χ2v) is 10.3. The van der Waals surface area contributed by atoms with E-state index in [9.17, 15) is 24.3 Å². The number of aliphatic carboxylic acids is 1. The molecule has 0 aliphatic carbocycles. The number of likely N-dealkylation sites (tertiary alicyclic amines) is 1. The second kappa shape index (κ2) is 11.6. The van der Waals surface area contributed by atoms with Gasteiger partial charge >= 0.3 is 12.1 Å². The smallest absolute Gasteiger partial charge is 0.410 e. The minimum absolute atomic E-state index is 0.213. The first-order valence-corrected chi connectivity index (χ1v) is 12.2. The number of nitrogens with zero attached hydrogens (tertiary/aromatic N) is 1. The molecule has 9 heteroatoms. The second-order valence-electron chi connectivity index (χ2n) is 10.3. The van der Waals surface area contributed by atoms with E-state index in [1.54, 1.807) is 4.90 Å². The average molecular weight is 490 g/mol. The summed E-state index contributed by atoms with van der Waals surface area (Å²) in [5, 5.41) is 14.6. The fourth-order valence-electron chi connectivity index (χ4n) is 4.15. The van der Waals surface area contributed by atoms with Crippen LogP contribution in [-0.4, -0.2) is 64.7 Å². The van der Waals surface area contributed by atoms with E-state index in [0.29, 0.717) is 32.4 Å². The minimum Gasteiger partial charge on any atom is -0.480 e. The Morgan fingerprint density at radius 2 is 1.63 bits per heavy atom. The molecule has 3 atom stereocenters. The lowest BCUT2D eigenvalue weighted by molar-refractivity contribution is -0.142. The number of carbonyl (C=O) groups is 4. The van der Waals surface area contributed by atoms with E-state index in [1.807, 2.05) is 65.0 Å². The molecule has 1 fully saturated rings. The molecule has 0 aromatic heterocycles. The Labute approximate surface area is 207 Å². The molecule has 3 amide bonds. The molecule has 0 radical (unpaired) electrons. The summed E-state index contributed by atoms with van der Waals surface area (Å²) in [6, 6.07) is 7.38. The highest BCUT2D eigenvalue weighted by Crippen LogP contribution is 2.36. The van der Waals surface area contributed by atoms with Crippen molar-refractivity contribution < 1.29 is 29.0 Å². The monoisotopic (exact) mass is 489 g/mol. The van der Waals surface area contributed by atoms with Gasteiger partial charge in [-0.2, -0.15) is 0 Å². The number of hydrogen-bond acceptors (Lipinski definition) is 5. The topological polar surface area (TPSA) is 125 Å². The summed E-state index contributed by atoms with van der Waals surface area (Å²) >= 11 is 0. The van der Waals surface area contributed by atoms with Crippen molar-refractivity contribution in [2.24, 2.45) is 5.92 Å². The van der Waals surface area contributed by atoms with E-state index in [0.717, 1.165) is 5.56 Å². The Bertz CT molecular complexity index is 903. The van der Waals surface area contributed by atoms with E-state index in [-0.39, 0.29) is 11.8 Å². The van der Waals surface area contributed by atoms with Crippen LogP contribution in [0.4, 0.5) is 4.79 Å². The van der Waals surface area contributed by atoms with Gasteiger partial charge in [0.25, 0.3) is 0 Å². The maximum atomic E-state index is 13.8. The molecule has 35 heavy (non-hydrogen) atoms. The summed E-state index contributed by atoms with van der Waals surface area (Å²) in [5.74, 6) is -2.20. The SMILES string of the molecule is CCC(C)[C@H](NC(=O)C1(c2ccccc2)CCN(C(=O)OC(C)(C)C)CC1)C(=O)N[C@H](C)C(=O)O. The molecule has 1 aliphatic rings. The van der Waals surface area contributed by atoms with Gasteiger partial charge < -0.3 is 25.4 Å². The molecule has 0 bridgehead atoms. The first-order chi connectivity index (χ1) is 16.3. The lowest BCUT2D eigenvalue weighted by Crippen LogP contribution is -2.59. The first-order valence-electron chi connectivity index (χ1n) is 12.2. The highest BCUT2D eigenvalue weighted by molar-refractivity contribution is 5.94. The van der Waals surface area contributed by atoms with Crippen molar-refractivity contribution >= 4 is 23.9 Å². The number of carboxylic acid groups (broad SMARTS) is 1. The molecular formula is C26H39N3O6. The third kappa shape index (κ3) is 7.19. The van der Waals surface area contributed by atoms with Crippen LogP contribution >= 0.6 is 0 Å². The fraction of sp³-hybridized carbons (Fsp3) is 0.615. The van der Waals surface area contributed by atoms with Crippen LogP contribution in [0.25, 0.3) is 0 Å². The normalized spacial score (nSPS) is 18.1. The number of amides is 3. The van der Waals surface area contributed by atoms with Gasteiger partial charge in [0.15, 0.2) is 0 Å². The Balaban J connectivity index is 2.29. The number of hydrogen-bond donors (Lipinski definition) is 3. The van der Waals surface area contributed by atoms with Crippen molar-refractivity contribution in [2.75, 3.05) is 13.1 Å². The predicted molar refractivity (Wildman–Crippen MR) is 132 cm³/mol. The fourth-order valence-corrected chi connectivity index (χ4v) is 4.15. The molecule has 194 valence electrons. The standard InChI is InChI=1S/C26H39N3O6/c1-7-17(2)20(21(30)27-18(3)22(31)32)28-23(33)26(19-11-9-8-10-12-19)13-15-29(16-14-26)24(34)35-25(4,5)6/h8-12,17-18,20H,7,13-16H2,1-6H3,(H,27,30)(H,28,33)(H,31,32)/t17?,18-,20+/m1/s1. The number of nitrogens with one attached hydrogen (secondary N) is 2. The first kappa shape index (κ1) is 28.1. The summed E-state index contributed by atoms with van der Waals surface area (Å²) in [7, 11) is 0. The van der Waals surface area contributed by atoms with E-state index < -0.39 is 41.1 Å². The Morgan fingerprint density at radius 1 is 1.06 bits per heavy atom. The number of ether oxygens (including phenoxy) is 1. The van der Waals surface area contributed by atoms with Gasteiger partial charge in [0, 0.05) is 13.1 Å². The Kier molecular flexibility index (Phi) is 9.29. The Hall–Kier alpha value is -3.10. The number of benzene rings is 1. The molecule has 1 aliphatic heterocycles. The molecule has 1 aromatic carbocycles. The predicted octanol–water partition coefficient (Wildman–Crippen LogP) is 3.08. The molecule has 0 saturated carbocycles. The zero-order valence-corrected chi connectivity index (χ0v) is 21.6. The lowest BCUT2D eigenvalue weighted by Gasteiger charge is -2.42. The van der Waals surface area contributed by atoms with E-state index in [4.69, 9.17) is 4.74 Å². The van der Waals surface area contributed by atoms with Gasteiger partial charge in [0.2, 0.25) is 11.8 Å². The van der Waals surface area contributed by atoms with E-state index in [1.165, 1.54) is 6.92 Å². The number of carbonyl (C=O) groups excluding carboxylic acids is 3. The maximum Gasteiger partial charge on any atom is 0.410 e. The maximum absolute atomic E-state index is 13.8. The summed E-state index contributed by atoms with van der Waals surface area (Å²) in [6.07, 6.45) is 0.925. The molecule has 0 spiro atoms. The zero-order chi connectivity index (χ0) is 26.4. The molecule has 1 heterocycles. The minimum atomic E-state index is -1.15. The van der Waals surface area contributed by atoms with Crippen molar-refractivity contribution in [1.29, 1.82) is 0 Å². The molecule has 1 saturated heterocycles. The molecule has 1 aromatic rings. The summed E-state index contributed by atoms with van der Waals surface area (Å²) in [6.45, 7) is 11.2. The lowest BCUT2D eigenvalue weighted by atomic mass is 9.71. The summed E-state index contributed by atoms with van der Waals surface area (Å²) < 4.78 is 5.50. The van der Waals surface area contributed by atoms with Crippen LogP contribution < -0.4 is 10.6 Å². The van der Waals surface area contributed by atoms with Crippen molar-refractivity contribution in [2.45, 2.75) is 83.9 Å². The number of rotatable bonds is 8. The van der Waals surface area contributed by atoms with Crippen LogP contribution in [0.1, 0.15) is 66.4 Å². The van der Waals surface area contributed by atoms with Gasteiger partial charge in [-0.15, -0.1) is 0 Å². The average Bonchev–Trinajstić information content (AvgIpc) is 2.81. The van der Waals surface area contributed by atoms with Crippen molar-refractivity contribution in [3.63, 3.8) is 0 Å². The summed E-state index contributed by atoms with van der Waals surface area (Å²) in [4.78, 5) is 52.2. The van der Waals surface area contributed by atoms with Crippen molar-refractivity contribution in [1.82, 2.24) is 15.5 Å². The number of carboxylic acids is 1. The third-order valence-electron chi connectivity index (χ3n) is 6.54. The molecule has 2 rings (SSSR count). The third-order valence-corrected chi connectivity index (χ3v) is 6.54. The van der Waals surface area contributed by atoms with Gasteiger partial charge in [-0.1, -0.05) is 50.6 Å². The van der Waals surface area contributed by atoms with Gasteiger partial charge in [-0.05, 0) is 52.0 Å². The zero-order valence-electron chi connectivity index (χ0n) is 21.6. The van der Waals surface area contributed by atoms with Gasteiger partial charge in [0.1, 0.15) is 17.7 Å². The van der Waals surface area contributed by atoms with Crippen LogP contribution in [0.15, 0.2) is 30.3 Å². The quantitative estimate of drug-likeness (QED) is 0.515. The summed E-state index contributed by atoms with van der Waals surface area (Å²) in [5.41, 5.74) is -0.750. The van der Waals surface area contributed by atoms with Crippen LogP contribution in [0.2, 0.25) is 0 Å². The van der Waals surface area contributed by atoms with Crippen molar-refractivity contribution in [3.05, 3.63) is 35.9 Å². The molecule has 3 N–H and O–H groups in total. The Morgan fingerprint density at radius 3 is 2.11 bits per heavy atom. The molecule has 1 unspecified atom stereocenters. The van der Waals surface area contributed by atoms with Crippen LogP contribution in [0.3, 0.4) is 0 Å². The van der Waals surface area contributed by atoms with E-state index in [2.05, 4.69) is 10.6 Å². The highest BCUT2D eigenvalue weighted by atomic mass is 16.6. The van der Waals surface area contributed by atoms with Gasteiger partial charge in [-0.3, -0.25) is 14.4 Å². The molecule has 9 nitrogen and oxygen atoms in total. The largest absolute Gasteiger partial charge is 0.480 e. The van der Waals surface area contributed by atoms with E-state index >= 15 is 0 Å². The highest BCUT2D eigenvalue weighted by Gasteiger charge is 2.45. The van der Waals surface area contributed by atoms with Crippen LogP contribution in [0.5, 0.6) is 0 Å². The van der Waals surface area contributed by atoms with Crippen LogP contribution in [-0.2, 0) is 24.5 Å².